The Morgan fingerprint density at radius 3 is 2.88 bits per heavy atom. The third-order valence-electron chi connectivity index (χ3n) is 3.84. The molecular weight excluding hydrogens is 441 g/mol. The molecule has 1 aromatic rings. The Kier molecular flexibility index (Phi) is 9.15. The Bertz CT molecular complexity index is 536. The van der Waals surface area contributed by atoms with Crippen LogP contribution in [0.5, 0.6) is 5.75 Å². The molecule has 0 spiro atoms. The quantitative estimate of drug-likeness (QED) is 0.382. The molecule has 2 atom stereocenters. The number of nitrogens with zero attached hydrogens (tertiary/aromatic N) is 1. The Hall–Kier alpha value is -0.730. The minimum Gasteiger partial charge on any atom is -0.489 e. The molecule has 1 aliphatic rings. The van der Waals surface area contributed by atoms with Gasteiger partial charge in [0.2, 0.25) is 0 Å². The van der Waals surface area contributed by atoms with Crippen LogP contribution in [0.1, 0.15) is 26.7 Å². The predicted molar refractivity (Wildman–Crippen MR) is 110 cm³/mol. The summed E-state index contributed by atoms with van der Waals surface area (Å²) in [5.74, 6) is 1.52. The minimum absolute atomic E-state index is 0. The van der Waals surface area contributed by atoms with Crippen LogP contribution in [0.2, 0.25) is 5.02 Å². The fraction of sp³-hybridized carbons (Fsp3) is 0.588. The molecule has 5 nitrogen and oxygen atoms in total. The highest BCUT2D eigenvalue weighted by Gasteiger charge is 2.29. The summed E-state index contributed by atoms with van der Waals surface area (Å²) in [6.45, 7) is 6.36. The number of guanidine groups is 1. The Morgan fingerprint density at radius 1 is 1.46 bits per heavy atom. The second kappa shape index (κ2) is 10.3. The number of nitrogens with one attached hydrogen (secondary N) is 2. The summed E-state index contributed by atoms with van der Waals surface area (Å²) in [7, 11) is 1.76. The molecule has 1 saturated heterocycles. The summed E-state index contributed by atoms with van der Waals surface area (Å²) in [4.78, 5) is 4.24. The van der Waals surface area contributed by atoms with Crippen LogP contribution >= 0.6 is 35.6 Å². The van der Waals surface area contributed by atoms with E-state index in [4.69, 9.17) is 21.1 Å². The molecule has 0 radical (unpaired) electrons. The van der Waals surface area contributed by atoms with Gasteiger partial charge in [-0.1, -0.05) is 17.7 Å². The van der Waals surface area contributed by atoms with Gasteiger partial charge in [0.15, 0.2) is 5.96 Å². The number of hydrogen-bond donors (Lipinski definition) is 2. The second-order valence-corrected chi connectivity index (χ2v) is 6.53. The Balaban J connectivity index is 0.00000288. The van der Waals surface area contributed by atoms with Crippen molar-refractivity contribution in [3.63, 3.8) is 0 Å². The van der Waals surface area contributed by atoms with Gasteiger partial charge in [0.1, 0.15) is 11.9 Å². The molecule has 0 aliphatic carbocycles. The average molecular weight is 468 g/mol. The van der Waals surface area contributed by atoms with Gasteiger partial charge in [-0.05, 0) is 44.9 Å². The van der Waals surface area contributed by atoms with E-state index in [1.165, 1.54) is 0 Å². The maximum Gasteiger partial charge on any atom is 0.191 e. The molecule has 0 bridgehead atoms. The summed E-state index contributed by atoms with van der Waals surface area (Å²) in [6.07, 6.45) is 2.19. The third-order valence-corrected chi connectivity index (χ3v) is 4.08. The highest BCUT2D eigenvalue weighted by atomic mass is 127. The normalized spacial score (nSPS) is 21.8. The summed E-state index contributed by atoms with van der Waals surface area (Å²) in [5, 5.41) is 7.26. The maximum absolute atomic E-state index is 5.96. The molecule has 0 aromatic heterocycles. The molecule has 136 valence electrons. The van der Waals surface area contributed by atoms with Crippen LogP contribution < -0.4 is 15.4 Å². The van der Waals surface area contributed by atoms with Gasteiger partial charge in [-0.25, -0.2) is 0 Å². The molecule has 0 saturated carbocycles. The predicted octanol–water partition coefficient (Wildman–Crippen LogP) is 3.46. The lowest BCUT2D eigenvalue weighted by Crippen LogP contribution is -2.47. The molecule has 1 heterocycles. The fourth-order valence-corrected chi connectivity index (χ4v) is 2.70. The van der Waals surface area contributed by atoms with Crippen molar-refractivity contribution in [1.82, 2.24) is 10.6 Å². The monoisotopic (exact) mass is 467 g/mol. The van der Waals surface area contributed by atoms with Crippen LogP contribution in [0.25, 0.3) is 0 Å². The number of hydrogen-bond acceptors (Lipinski definition) is 3. The van der Waals surface area contributed by atoms with Gasteiger partial charge >= 0.3 is 0 Å². The van der Waals surface area contributed by atoms with Crippen molar-refractivity contribution in [2.75, 3.05) is 26.7 Å². The second-order valence-electron chi connectivity index (χ2n) is 6.09. The van der Waals surface area contributed by atoms with E-state index in [1.54, 1.807) is 7.05 Å². The van der Waals surface area contributed by atoms with Crippen molar-refractivity contribution >= 4 is 41.5 Å². The fourth-order valence-electron chi connectivity index (χ4n) is 2.52. The van der Waals surface area contributed by atoms with Crippen LogP contribution in [-0.4, -0.2) is 44.4 Å². The van der Waals surface area contributed by atoms with E-state index >= 15 is 0 Å². The van der Waals surface area contributed by atoms with Gasteiger partial charge in [-0.3, -0.25) is 4.99 Å². The number of rotatable bonds is 6. The van der Waals surface area contributed by atoms with Gasteiger partial charge in [-0.15, -0.1) is 24.0 Å². The first kappa shape index (κ1) is 21.3. The summed E-state index contributed by atoms with van der Waals surface area (Å²) in [5.41, 5.74) is -0.0967. The van der Waals surface area contributed by atoms with Gasteiger partial charge < -0.3 is 20.1 Å². The Morgan fingerprint density at radius 2 is 2.25 bits per heavy atom. The highest BCUT2D eigenvalue weighted by molar-refractivity contribution is 14.0. The summed E-state index contributed by atoms with van der Waals surface area (Å²) < 4.78 is 11.6. The molecule has 2 N–H and O–H groups in total. The van der Waals surface area contributed by atoms with Crippen LogP contribution in [0.15, 0.2) is 29.3 Å². The first-order valence-electron chi connectivity index (χ1n) is 8.01. The molecule has 24 heavy (non-hydrogen) atoms. The molecule has 2 rings (SSSR count). The van der Waals surface area contributed by atoms with Crippen LogP contribution in [-0.2, 0) is 4.74 Å². The van der Waals surface area contributed by atoms with E-state index in [0.717, 1.165) is 37.7 Å². The van der Waals surface area contributed by atoms with Crippen molar-refractivity contribution in [3.05, 3.63) is 29.3 Å². The molecule has 0 amide bonds. The maximum atomic E-state index is 5.96. The van der Waals surface area contributed by atoms with Crippen molar-refractivity contribution < 1.29 is 9.47 Å². The Labute approximate surface area is 166 Å². The molecule has 1 aliphatic heterocycles. The van der Waals surface area contributed by atoms with E-state index in [-0.39, 0.29) is 35.7 Å². The number of halogens is 2. The lowest BCUT2D eigenvalue weighted by molar-refractivity contribution is 0.0242. The average Bonchev–Trinajstić information content (AvgIpc) is 2.94. The van der Waals surface area contributed by atoms with Crippen LogP contribution in [0, 0.1) is 0 Å². The van der Waals surface area contributed by atoms with Crippen molar-refractivity contribution in [3.8, 4) is 5.75 Å². The summed E-state index contributed by atoms with van der Waals surface area (Å²) in [6, 6.07) is 7.41. The van der Waals surface area contributed by atoms with Gasteiger partial charge in [-0.2, -0.15) is 0 Å². The van der Waals surface area contributed by atoms with Gasteiger partial charge in [0, 0.05) is 25.2 Å². The zero-order valence-electron chi connectivity index (χ0n) is 14.5. The molecule has 1 fully saturated rings. The van der Waals surface area contributed by atoms with Gasteiger partial charge in [0.25, 0.3) is 0 Å². The van der Waals surface area contributed by atoms with Gasteiger partial charge in [0.05, 0.1) is 12.1 Å². The van der Waals surface area contributed by atoms with E-state index in [1.807, 2.05) is 31.2 Å². The van der Waals surface area contributed by atoms with Crippen LogP contribution in [0.4, 0.5) is 0 Å². The minimum atomic E-state index is -0.0967. The molecular formula is C17H27ClIN3O2. The van der Waals surface area contributed by atoms with E-state index < -0.39 is 0 Å². The SMILES string of the molecule is CN=C(NCC(C)Oc1cccc(Cl)c1)NCC1(C)CCCO1.I. The highest BCUT2D eigenvalue weighted by Crippen LogP contribution is 2.23. The van der Waals surface area contributed by atoms with Crippen LogP contribution in [0.3, 0.4) is 0 Å². The lowest BCUT2D eigenvalue weighted by atomic mass is 10.0. The van der Waals surface area contributed by atoms with E-state index in [0.29, 0.717) is 11.6 Å². The largest absolute Gasteiger partial charge is 0.489 e. The lowest BCUT2D eigenvalue weighted by Gasteiger charge is -2.25. The number of aliphatic imine (C=N–C) groups is 1. The molecule has 2 unspecified atom stereocenters. The smallest absolute Gasteiger partial charge is 0.191 e. The third kappa shape index (κ3) is 7.03. The standard InChI is InChI=1S/C17H26ClN3O2.HI/c1-13(23-15-7-4-6-14(18)10-15)11-20-16(19-3)21-12-17(2)8-5-9-22-17;/h4,6-7,10,13H,5,8-9,11-12H2,1-3H3,(H2,19,20,21);1H. The number of ether oxygens (including phenoxy) is 2. The zero-order chi connectivity index (χ0) is 16.7. The first-order valence-corrected chi connectivity index (χ1v) is 8.39. The van der Waals surface area contributed by atoms with Crippen molar-refractivity contribution in [2.24, 2.45) is 4.99 Å². The van der Waals surface area contributed by atoms with E-state index in [2.05, 4.69) is 22.5 Å². The zero-order valence-corrected chi connectivity index (χ0v) is 17.6. The van der Waals surface area contributed by atoms with Crippen molar-refractivity contribution in [2.45, 2.75) is 38.4 Å². The topological polar surface area (TPSA) is 54.9 Å². The van der Waals surface area contributed by atoms with E-state index in [9.17, 15) is 0 Å². The summed E-state index contributed by atoms with van der Waals surface area (Å²) >= 11 is 5.96. The molecule has 7 heteroatoms. The number of benzene rings is 1. The first-order chi connectivity index (χ1) is 11.0. The van der Waals surface area contributed by atoms with Crippen molar-refractivity contribution in [1.29, 1.82) is 0 Å². The molecule has 1 aromatic carbocycles.